The summed E-state index contributed by atoms with van der Waals surface area (Å²) in [5.41, 5.74) is 0. The Morgan fingerprint density at radius 2 is 0.846 bits per heavy atom. The molecular weight excluding hydrogens is 229 g/mol. The van der Waals surface area contributed by atoms with Gasteiger partial charge in [0.1, 0.15) is 0 Å². The van der Waals surface area contributed by atoms with Gasteiger partial charge in [0.15, 0.2) is 0 Å². The molecule has 0 saturated heterocycles. The average molecular weight is 237 g/mol. The number of hydrogen-bond donors (Lipinski definition) is 4. The average Bonchev–Trinajstić information content (AvgIpc) is 1.12. The summed E-state index contributed by atoms with van der Waals surface area (Å²) >= 11 is 0. The van der Waals surface area contributed by atoms with Crippen molar-refractivity contribution >= 4 is 30.9 Å². The molecule has 0 aromatic rings. The van der Waals surface area contributed by atoms with E-state index < -0.39 is 20.8 Å². The Labute approximate surface area is 78.9 Å². The first-order valence-electron chi connectivity index (χ1n) is 1.37. The molecule has 13 heavy (non-hydrogen) atoms. The third-order valence-corrected chi connectivity index (χ3v) is 0. The van der Waals surface area contributed by atoms with Crippen LogP contribution < -0.4 is 12.3 Å². The van der Waals surface area contributed by atoms with E-state index in [0.29, 0.717) is 0 Å². The summed E-state index contributed by atoms with van der Waals surface area (Å²) in [6.07, 6.45) is 0. The Kier molecular flexibility index (Phi) is 22.3. The summed E-state index contributed by atoms with van der Waals surface area (Å²) in [5.74, 6) is 0. The van der Waals surface area contributed by atoms with Crippen molar-refractivity contribution in [2.45, 2.75) is 0 Å². The molecule has 0 radical (unpaired) electrons. The molecule has 10 nitrogen and oxygen atoms in total. The van der Waals surface area contributed by atoms with Gasteiger partial charge in [0.25, 0.3) is 0 Å². The quantitative estimate of drug-likeness (QED) is 0.205. The summed E-state index contributed by atoms with van der Waals surface area (Å²) < 4.78 is 65.7. The monoisotopic (exact) mass is 237 g/mol. The second-order valence-corrected chi connectivity index (χ2v) is 2.57. The van der Waals surface area contributed by atoms with Gasteiger partial charge in [-0.25, -0.2) is 0 Å². The molecule has 13 heteroatoms. The Morgan fingerprint density at radius 1 is 0.846 bits per heavy atom. The van der Waals surface area contributed by atoms with Crippen molar-refractivity contribution in [3.63, 3.8) is 0 Å². The fourth-order valence-electron chi connectivity index (χ4n) is 0. The first-order valence-corrected chi connectivity index (χ1v) is 4.10. The van der Waals surface area contributed by atoms with Gasteiger partial charge in [0.05, 0.1) is 0 Å². The molecule has 0 rings (SSSR count). The van der Waals surface area contributed by atoms with Crippen molar-refractivity contribution in [3.05, 3.63) is 0 Å². The molecule has 0 amide bonds. The third kappa shape index (κ3) is 39000. The van der Waals surface area contributed by atoms with Gasteiger partial charge < -0.3 is 21.4 Å². The number of rotatable bonds is 0. The molecule has 0 aliphatic heterocycles. The first-order chi connectivity index (χ1) is 4.00. The van der Waals surface area contributed by atoms with E-state index in [1.165, 1.54) is 0 Å². The van der Waals surface area contributed by atoms with Crippen LogP contribution in [-0.2, 0) is 20.8 Å². The van der Waals surface area contributed by atoms with Crippen molar-refractivity contribution < 1.29 is 35.0 Å². The predicted octanol–water partition coefficient (Wildman–Crippen LogP) is -2.05. The van der Waals surface area contributed by atoms with Crippen LogP contribution in [-0.4, -0.2) is 45.2 Å². The van der Waals surface area contributed by atoms with Crippen molar-refractivity contribution in [1.82, 2.24) is 12.3 Å². The summed E-state index contributed by atoms with van der Waals surface area (Å²) in [7, 11) is -9.83. The molecule has 0 unspecified atom stereocenters. The van der Waals surface area contributed by atoms with E-state index in [4.69, 9.17) is 35.0 Å². The minimum Gasteiger partial charge on any atom is -0.759 e. The predicted molar refractivity (Wildman–Crippen MR) is 40.5 cm³/mol. The van der Waals surface area contributed by atoms with E-state index in [-0.39, 0.29) is 22.4 Å². The zero-order chi connectivity index (χ0) is 9.00. The minimum atomic E-state index is -5.17. The van der Waals surface area contributed by atoms with Crippen molar-refractivity contribution in [1.29, 1.82) is 0 Å². The molecule has 0 atom stereocenters. The molecule has 0 fully saturated rings. The van der Waals surface area contributed by atoms with Gasteiger partial charge in [-0.2, -0.15) is 8.42 Å². The smallest absolute Gasteiger partial charge is 0.759 e. The fourth-order valence-corrected chi connectivity index (χ4v) is 0. The second-order valence-electron chi connectivity index (χ2n) is 0.856. The maximum absolute atomic E-state index is 8.74. The molecule has 0 bridgehead atoms. The maximum atomic E-state index is 8.74. The van der Waals surface area contributed by atoms with Gasteiger partial charge >= 0.3 is 20.5 Å². The van der Waals surface area contributed by atoms with Gasteiger partial charge in [-0.15, -0.1) is 0 Å². The first kappa shape index (κ1) is 29.3. The van der Waals surface area contributed by atoms with E-state index in [2.05, 4.69) is 0 Å². The van der Waals surface area contributed by atoms with Gasteiger partial charge in [-0.1, -0.05) is 0 Å². The number of hydrogen-bond acceptors (Lipinski definition) is 8. The molecule has 0 aliphatic rings. The van der Waals surface area contributed by atoms with Gasteiger partial charge in [-0.05, 0) is 0 Å². The van der Waals surface area contributed by atoms with Crippen molar-refractivity contribution in [3.8, 4) is 0 Å². The minimum absolute atomic E-state index is 0. The van der Waals surface area contributed by atoms with E-state index in [0.717, 1.165) is 0 Å². The molecule has 80 valence electrons. The van der Waals surface area contributed by atoms with Gasteiger partial charge in [0, 0.05) is 10.4 Å². The summed E-state index contributed by atoms with van der Waals surface area (Å²) in [6.45, 7) is 0. The van der Waals surface area contributed by atoms with Crippen LogP contribution in [0.15, 0.2) is 0 Å². The molecule has 0 heterocycles. The van der Waals surface area contributed by atoms with Gasteiger partial charge in [0.2, 0.25) is 0 Å². The largest absolute Gasteiger partial charge is 2.00 e. The van der Waals surface area contributed by atoms with E-state index in [1.54, 1.807) is 0 Å². The third-order valence-electron chi connectivity index (χ3n) is 0. The molecule has 0 saturated carbocycles. The van der Waals surface area contributed by atoms with Crippen LogP contribution >= 0.6 is 0 Å². The van der Waals surface area contributed by atoms with Crippen LogP contribution in [0.2, 0.25) is 0 Å². The molecule has 0 aromatic heterocycles. The molecule has 8 N–H and O–H groups in total. The standard InChI is InChI=1S/Be.2H3N.2H2O4S/c;;;2*1-5(2,3)4/h;2*1H3;2*(H2,1,2,3,4)/q+2;;;;/p-2. The van der Waals surface area contributed by atoms with Crippen LogP contribution in [0.4, 0.5) is 0 Å². The van der Waals surface area contributed by atoms with Crippen molar-refractivity contribution in [2.24, 2.45) is 0 Å². The van der Waals surface area contributed by atoms with E-state index in [1.807, 2.05) is 0 Å². The van der Waals surface area contributed by atoms with Crippen LogP contribution in [0.5, 0.6) is 0 Å². The second kappa shape index (κ2) is 9.91. The van der Waals surface area contributed by atoms with Crippen LogP contribution in [0, 0.1) is 0 Å². The fraction of sp³-hybridized carbons (Fsp3) is 0. The van der Waals surface area contributed by atoms with Crippen LogP contribution in [0.1, 0.15) is 0 Å². The van der Waals surface area contributed by atoms with Crippen LogP contribution in [0.25, 0.3) is 0 Å². The molecule has 0 aliphatic carbocycles. The zero-order valence-electron chi connectivity index (χ0n) is 6.28. The SMILES string of the molecule is N.N.O=S(=O)(O)O.O=S(=O)([O-])[O-].[Be+2]. The summed E-state index contributed by atoms with van der Waals surface area (Å²) in [5, 5.41) is 0. The Bertz CT molecular complexity index is 217. The Balaban J connectivity index is -0.0000000267. The Morgan fingerprint density at radius 3 is 0.846 bits per heavy atom. The maximum Gasteiger partial charge on any atom is 2.00 e. The summed E-state index contributed by atoms with van der Waals surface area (Å²) in [4.78, 5) is 0. The zero-order valence-corrected chi connectivity index (χ0v) is 7.91. The normalized spacial score (nSPS) is 8.92. The van der Waals surface area contributed by atoms with E-state index >= 15 is 0 Å². The van der Waals surface area contributed by atoms with Crippen LogP contribution in [0.3, 0.4) is 0 Å². The topological polar surface area (TPSA) is 225 Å². The molecule has 0 aromatic carbocycles. The Hall–Kier alpha value is -0.171. The summed E-state index contributed by atoms with van der Waals surface area (Å²) in [6, 6.07) is 0. The molecule has 0 spiro atoms. The van der Waals surface area contributed by atoms with Gasteiger partial charge in [-0.3, -0.25) is 17.5 Å². The van der Waals surface area contributed by atoms with E-state index in [9.17, 15) is 0 Å². The van der Waals surface area contributed by atoms with Crippen molar-refractivity contribution in [2.75, 3.05) is 0 Å². The molecular formula is H8BeN2O8S2.